The SMILES string of the molecule is COC(=O)N1C[C@@H]2CC/C(=C\c3ccc(-n4cnc(C)c4)c(OC)c3)C(=O)N2[C@@H](c2cc(F)c(F)c(F)c2)C1. The molecule has 3 heterocycles. The van der Waals surface area contributed by atoms with Crippen LogP contribution in [-0.2, 0) is 9.53 Å². The molecule has 2 amide bonds. The Labute approximate surface area is 223 Å². The molecule has 3 aromatic rings. The van der Waals surface area contributed by atoms with Crippen LogP contribution in [0.25, 0.3) is 11.8 Å². The number of nitrogens with zero attached hydrogens (tertiary/aromatic N) is 4. The van der Waals surface area contributed by atoms with E-state index in [4.69, 9.17) is 9.47 Å². The number of fused-ring (bicyclic) bond motifs is 1. The third kappa shape index (κ3) is 4.96. The Morgan fingerprint density at radius 2 is 1.85 bits per heavy atom. The maximum atomic E-state index is 14.2. The van der Waals surface area contributed by atoms with Crippen molar-refractivity contribution in [1.82, 2.24) is 19.4 Å². The van der Waals surface area contributed by atoms with E-state index in [1.165, 1.54) is 12.0 Å². The van der Waals surface area contributed by atoms with Gasteiger partial charge in [-0.05, 0) is 61.2 Å². The number of imidazole rings is 1. The number of hydrogen-bond donors (Lipinski definition) is 0. The molecule has 0 saturated carbocycles. The van der Waals surface area contributed by atoms with Crippen LogP contribution in [0.15, 0.2) is 48.4 Å². The molecule has 39 heavy (non-hydrogen) atoms. The molecule has 2 aliphatic heterocycles. The number of piperidine rings is 1. The molecule has 1 aromatic heterocycles. The highest BCUT2D eigenvalue weighted by atomic mass is 19.2. The lowest BCUT2D eigenvalue weighted by atomic mass is 9.89. The van der Waals surface area contributed by atoms with E-state index in [9.17, 15) is 22.8 Å². The van der Waals surface area contributed by atoms with Crippen LogP contribution < -0.4 is 4.74 Å². The van der Waals surface area contributed by atoms with E-state index in [-0.39, 0.29) is 24.6 Å². The van der Waals surface area contributed by atoms with E-state index in [1.54, 1.807) is 24.4 Å². The molecule has 2 fully saturated rings. The first-order valence-corrected chi connectivity index (χ1v) is 12.4. The number of aromatic nitrogens is 2. The Bertz CT molecular complexity index is 1450. The summed E-state index contributed by atoms with van der Waals surface area (Å²) in [7, 11) is 2.80. The molecule has 0 aliphatic carbocycles. The first-order valence-electron chi connectivity index (χ1n) is 12.4. The molecular formula is C28H27F3N4O4. The van der Waals surface area contributed by atoms with Crippen molar-refractivity contribution in [2.75, 3.05) is 27.3 Å². The standard InChI is InChI=1S/C28H27F3N4O4/c1-16-12-34(15-32-16)23-7-4-17(9-25(23)38-2)8-18-5-6-20-13-33(28(37)39-3)14-24(35(20)27(18)36)19-10-21(29)26(31)22(30)11-19/h4,7-12,15,20,24H,5-6,13-14H2,1-3H3/b18-8+/t20-,24+/m0/s1. The molecule has 2 saturated heterocycles. The third-order valence-corrected chi connectivity index (χ3v) is 7.17. The van der Waals surface area contributed by atoms with E-state index in [1.807, 2.05) is 35.9 Å². The van der Waals surface area contributed by atoms with Crippen molar-refractivity contribution in [3.63, 3.8) is 0 Å². The Kier molecular flexibility index (Phi) is 7.07. The minimum absolute atomic E-state index is 0.0560. The van der Waals surface area contributed by atoms with E-state index in [2.05, 4.69) is 4.98 Å². The maximum Gasteiger partial charge on any atom is 0.409 e. The van der Waals surface area contributed by atoms with Gasteiger partial charge in [0, 0.05) is 24.9 Å². The third-order valence-electron chi connectivity index (χ3n) is 7.17. The molecule has 0 unspecified atom stereocenters. The topological polar surface area (TPSA) is 76.9 Å². The lowest BCUT2D eigenvalue weighted by Gasteiger charge is -2.49. The summed E-state index contributed by atoms with van der Waals surface area (Å²) < 4.78 is 54.3. The van der Waals surface area contributed by atoms with E-state index >= 15 is 0 Å². The largest absolute Gasteiger partial charge is 0.495 e. The van der Waals surface area contributed by atoms with Crippen molar-refractivity contribution in [3.8, 4) is 11.4 Å². The number of methoxy groups -OCH3 is 2. The summed E-state index contributed by atoms with van der Waals surface area (Å²) in [6, 6.07) is 5.96. The highest BCUT2D eigenvalue weighted by Crippen LogP contribution is 2.38. The van der Waals surface area contributed by atoms with Gasteiger partial charge in [0.2, 0.25) is 0 Å². The molecule has 8 nitrogen and oxygen atoms in total. The number of piperazine rings is 1. The Morgan fingerprint density at radius 3 is 2.49 bits per heavy atom. The second-order valence-corrected chi connectivity index (χ2v) is 9.62. The van der Waals surface area contributed by atoms with Gasteiger partial charge >= 0.3 is 6.09 Å². The minimum Gasteiger partial charge on any atom is -0.495 e. The Balaban J connectivity index is 1.49. The van der Waals surface area contributed by atoms with Crippen molar-refractivity contribution in [1.29, 1.82) is 0 Å². The maximum absolute atomic E-state index is 14.2. The Morgan fingerprint density at radius 1 is 1.10 bits per heavy atom. The van der Waals surface area contributed by atoms with Crippen molar-refractivity contribution in [2.24, 2.45) is 0 Å². The first-order chi connectivity index (χ1) is 18.7. The van der Waals surface area contributed by atoms with Gasteiger partial charge < -0.3 is 23.8 Å². The highest BCUT2D eigenvalue weighted by molar-refractivity contribution is 5.99. The van der Waals surface area contributed by atoms with Crippen molar-refractivity contribution < 1.29 is 32.2 Å². The van der Waals surface area contributed by atoms with Crippen LogP contribution in [0, 0.1) is 24.4 Å². The first kappa shape index (κ1) is 26.3. The average molecular weight is 541 g/mol. The van der Waals surface area contributed by atoms with Crippen molar-refractivity contribution in [2.45, 2.75) is 31.8 Å². The predicted molar refractivity (Wildman–Crippen MR) is 136 cm³/mol. The zero-order valence-corrected chi connectivity index (χ0v) is 21.7. The van der Waals surface area contributed by atoms with Gasteiger partial charge in [-0.15, -0.1) is 0 Å². The molecule has 2 atom stereocenters. The predicted octanol–water partition coefficient (Wildman–Crippen LogP) is 4.80. The fourth-order valence-corrected chi connectivity index (χ4v) is 5.30. The molecule has 204 valence electrons. The number of hydrogen-bond acceptors (Lipinski definition) is 5. The molecule has 0 bridgehead atoms. The molecule has 0 radical (unpaired) electrons. The fourth-order valence-electron chi connectivity index (χ4n) is 5.30. The van der Waals surface area contributed by atoms with Gasteiger partial charge in [0.05, 0.1) is 44.0 Å². The summed E-state index contributed by atoms with van der Waals surface area (Å²) in [5.74, 6) is -4.05. The molecule has 0 spiro atoms. The van der Waals surface area contributed by atoms with E-state index in [0.29, 0.717) is 24.2 Å². The van der Waals surface area contributed by atoms with Gasteiger partial charge in [-0.3, -0.25) is 4.79 Å². The number of carbonyl (C=O) groups excluding carboxylic acids is 2. The average Bonchev–Trinajstić information content (AvgIpc) is 3.37. The smallest absolute Gasteiger partial charge is 0.409 e. The summed E-state index contributed by atoms with van der Waals surface area (Å²) in [5.41, 5.74) is 2.93. The number of carbonyl (C=O) groups is 2. The van der Waals surface area contributed by atoms with Crippen molar-refractivity contribution in [3.05, 3.63) is 82.7 Å². The van der Waals surface area contributed by atoms with Crippen LogP contribution in [-0.4, -0.2) is 64.7 Å². The summed E-state index contributed by atoms with van der Waals surface area (Å²) >= 11 is 0. The molecule has 11 heteroatoms. The molecule has 5 rings (SSSR count). The zero-order valence-electron chi connectivity index (χ0n) is 21.7. The molecule has 2 aromatic carbocycles. The Hall–Kier alpha value is -4.28. The van der Waals surface area contributed by atoms with Crippen LogP contribution in [0.2, 0.25) is 0 Å². The summed E-state index contributed by atoms with van der Waals surface area (Å²) in [6.07, 6.45) is 5.65. The number of halogens is 3. The van der Waals surface area contributed by atoms with Crippen LogP contribution in [0.4, 0.5) is 18.0 Å². The number of aryl methyl sites for hydroxylation is 1. The molecular weight excluding hydrogens is 513 g/mol. The summed E-state index contributed by atoms with van der Waals surface area (Å²) in [4.78, 5) is 33.3. The van der Waals surface area contributed by atoms with Gasteiger partial charge in [-0.25, -0.2) is 22.9 Å². The number of benzene rings is 2. The molecule has 0 N–H and O–H groups in total. The minimum atomic E-state index is -1.59. The van der Waals surface area contributed by atoms with Crippen LogP contribution in [0.3, 0.4) is 0 Å². The summed E-state index contributed by atoms with van der Waals surface area (Å²) in [6.45, 7) is 2.04. The van der Waals surface area contributed by atoms with Gasteiger partial charge in [0.25, 0.3) is 5.91 Å². The van der Waals surface area contributed by atoms with Gasteiger partial charge in [-0.2, -0.15) is 0 Å². The number of rotatable bonds is 4. The van der Waals surface area contributed by atoms with Crippen LogP contribution >= 0.6 is 0 Å². The second kappa shape index (κ2) is 10.5. The van der Waals surface area contributed by atoms with Gasteiger partial charge in [0.15, 0.2) is 17.5 Å². The van der Waals surface area contributed by atoms with Gasteiger partial charge in [-0.1, -0.05) is 6.07 Å². The normalized spacial score (nSPS) is 20.3. The van der Waals surface area contributed by atoms with Crippen LogP contribution in [0.5, 0.6) is 5.75 Å². The second-order valence-electron chi connectivity index (χ2n) is 9.62. The highest BCUT2D eigenvalue weighted by Gasteiger charge is 2.44. The lowest BCUT2D eigenvalue weighted by molar-refractivity contribution is -0.138. The zero-order chi connectivity index (χ0) is 27.8. The van der Waals surface area contributed by atoms with Gasteiger partial charge in [0.1, 0.15) is 5.75 Å². The van der Waals surface area contributed by atoms with E-state index < -0.39 is 35.6 Å². The number of amides is 2. The monoisotopic (exact) mass is 540 g/mol. The van der Waals surface area contributed by atoms with Crippen LogP contribution in [0.1, 0.15) is 35.7 Å². The van der Waals surface area contributed by atoms with E-state index in [0.717, 1.165) is 29.1 Å². The molecule has 2 aliphatic rings. The lowest BCUT2D eigenvalue weighted by Crippen LogP contribution is -2.59. The number of ether oxygens (including phenoxy) is 2. The fraction of sp³-hybridized carbons (Fsp3) is 0.321. The summed E-state index contributed by atoms with van der Waals surface area (Å²) in [5, 5.41) is 0. The van der Waals surface area contributed by atoms with Crippen molar-refractivity contribution >= 4 is 18.1 Å². The quantitative estimate of drug-likeness (QED) is 0.351.